The van der Waals surface area contributed by atoms with Gasteiger partial charge in [-0.3, -0.25) is 60.8 Å². The van der Waals surface area contributed by atoms with E-state index in [0.717, 1.165) is 173 Å². The maximum atomic E-state index is 13.7. The number of hydrogen-bond acceptors (Lipinski definition) is 34. The van der Waals surface area contributed by atoms with E-state index in [1.54, 1.807) is 26.8 Å². The molecule has 2 aliphatic carbocycles. The highest BCUT2D eigenvalue weighted by Gasteiger charge is 2.39. The fourth-order valence-electron chi connectivity index (χ4n) is 13.3. The van der Waals surface area contributed by atoms with Crippen LogP contribution < -0.4 is 87.7 Å². The first-order valence-electron chi connectivity index (χ1n) is 42.5. The van der Waals surface area contributed by atoms with E-state index >= 15 is 0 Å². The normalized spacial score (nSPS) is 13.7. The van der Waals surface area contributed by atoms with Crippen molar-refractivity contribution in [2.75, 3.05) is 55.7 Å². The Bertz CT molecular complexity index is 7320. The largest absolute Gasteiger partial charge is 0.418 e. The van der Waals surface area contributed by atoms with E-state index in [1.165, 1.54) is 19.2 Å². The van der Waals surface area contributed by atoms with Gasteiger partial charge in [0.15, 0.2) is 39.2 Å². The number of thiazole rings is 4. The molecular weight excluding hydrogens is 2050 g/mol. The predicted octanol–water partition coefficient (Wildman–Crippen LogP) is 15.2. The van der Waals surface area contributed by atoms with E-state index in [-0.39, 0.29) is 90.3 Å². The number of halogens is 6. The number of nitrogens with zero attached hydrogens (tertiary/aromatic N) is 8. The summed E-state index contributed by atoms with van der Waals surface area (Å²) in [6, 6.07) is 19.9. The van der Waals surface area contributed by atoms with Gasteiger partial charge in [0, 0.05) is 23.2 Å². The topological polar surface area (TPSA) is 622 Å². The Balaban J connectivity index is 0.000000168. The third-order valence-electron chi connectivity index (χ3n) is 20.6. The summed E-state index contributed by atoms with van der Waals surface area (Å²) in [7, 11) is 0. The molecule has 5 aromatic carbocycles. The minimum atomic E-state index is -4.70. The Morgan fingerprint density at radius 3 is 1.34 bits per heavy atom. The Morgan fingerprint density at radius 1 is 0.511 bits per heavy atom. The molecule has 4 atom stereocenters. The van der Waals surface area contributed by atoms with Gasteiger partial charge in [0.1, 0.15) is 85.1 Å². The first-order valence-corrected chi connectivity index (χ1v) is 50.2. The lowest BCUT2D eigenvalue weighted by molar-refractivity contribution is -0.137. The third-order valence-corrected chi connectivity index (χ3v) is 28.8. The fourth-order valence-corrected chi connectivity index (χ4v) is 20.8. The van der Waals surface area contributed by atoms with Gasteiger partial charge in [-0.25, -0.2) is 34.9 Å². The van der Waals surface area contributed by atoms with Crippen LogP contribution in [0.25, 0.3) is 10.8 Å². The molecule has 2 saturated carbocycles. The van der Waals surface area contributed by atoms with Gasteiger partial charge in [-0.1, -0.05) is 136 Å². The van der Waals surface area contributed by atoms with E-state index in [4.69, 9.17) is 68.0 Å². The second-order valence-electron chi connectivity index (χ2n) is 32.4. The number of carbonyl (C=O) groups excluding carboxylic acids is 4. The lowest BCUT2D eigenvalue weighted by atomic mass is 9.99. The maximum Gasteiger partial charge on any atom is 0.418 e. The number of aryl methyl sites for hydroxylation is 7. The van der Waals surface area contributed by atoms with Crippen LogP contribution in [0.15, 0.2) is 112 Å². The van der Waals surface area contributed by atoms with Crippen LogP contribution in [0.1, 0.15) is 195 Å². The van der Waals surface area contributed by atoms with Gasteiger partial charge in [0.05, 0.1) is 80.3 Å². The Labute approximate surface area is 847 Å². The molecule has 141 heavy (non-hydrogen) atoms. The van der Waals surface area contributed by atoms with Gasteiger partial charge >= 0.3 is 6.18 Å². The molecule has 2 fully saturated rings. The van der Waals surface area contributed by atoms with Gasteiger partial charge in [0.2, 0.25) is 0 Å². The zero-order valence-corrected chi connectivity index (χ0v) is 85.5. The number of aromatic nitrogens is 8. The summed E-state index contributed by atoms with van der Waals surface area (Å²) in [4.78, 5) is 135. The molecule has 0 aliphatic heterocycles. The highest BCUT2D eigenvalue weighted by atomic mass is 35.5. The van der Waals surface area contributed by atoms with Crippen LogP contribution in [0.2, 0.25) is 15.1 Å². The number of rotatable bonds is 29. The van der Waals surface area contributed by atoms with Crippen molar-refractivity contribution in [3.8, 4) is 11.8 Å². The number of alkyl halides is 3. The van der Waals surface area contributed by atoms with Crippen molar-refractivity contribution in [1.29, 1.82) is 0 Å². The lowest BCUT2D eigenvalue weighted by Crippen LogP contribution is -2.28. The van der Waals surface area contributed by atoms with Crippen LogP contribution >= 0.6 is 126 Å². The van der Waals surface area contributed by atoms with Gasteiger partial charge in [-0.05, 0) is 233 Å². The number of aliphatic hydroxyl groups is 6. The molecule has 0 radical (unpaired) electrons. The van der Waals surface area contributed by atoms with Crippen LogP contribution in [0.5, 0.6) is 0 Å². The second-order valence-corrected chi connectivity index (χ2v) is 40.9. The Hall–Kier alpha value is -12.5. The van der Waals surface area contributed by atoms with Crippen LogP contribution in [0, 0.1) is 66.2 Å². The minimum absolute atomic E-state index is 0.00111. The number of anilines is 12. The van der Waals surface area contributed by atoms with Crippen molar-refractivity contribution < 1.29 is 63.0 Å². The smallest absolute Gasteiger partial charge is 0.392 e. The molecule has 26 N–H and O–H groups in total. The number of aromatic amines is 4. The average molecular weight is 2140 g/mol. The van der Waals surface area contributed by atoms with Crippen molar-refractivity contribution in [1.82, 2.24) is 37.4 Å². The van der Waals surface area contributed by atoms with Crippen LogP contribution in [-0.2, 0) is 6.18 Å². The van der Waals surface area contributed by atoms with E-state index in [2.05, 4.69) is 126 Å². The summed E-state index contributed by atoms with van der Waals surface area (Å²) in [6.45, 7) is 20.6. The number of aliphatic imine (C=N–C) groups is 4. The van der Waals surface area contributed by atoms with Gasteiger partial charge in [-0.15, -0.1) is 0 Å². The zero-order valence-electron chi connectivity index (χ0n) is 76.7. The molecule has 15 rings (SSSR count). The number of aliphatic hydroxyl groups excluding tert-OH is 6. The molecular formula is C89H94Cl3F3N24O14S8. The average Bonchev–Trinajstić information content (AvgIpc) is 1.76. The SMILES string of the molecule is CC(C)N=C(N)c1c(Nc2ncc(C(=O)Nc3c(Cl)cc(C4CC4)cc3C(F)(F)F)s2)s[nH]c1=O.Cc1cc(C#CC2CC2)cc(Cl)c1NC(=O)c1sc(Nc2s[nH]c(=O)c2C(N)=NC(O)CO)nc1C.Cc1cc(C(C)C)cc(Cl)c1NC(=O)c1sc(Nc2s[nH]c(=O)c2C(N)=NC(O)C(C)O)nc1C.Cc1cc2ccccc2c(C)c1NC(=O)c1sc(Nc2s[nH]c(=O)c2C(N)=NC(O)CO)nc1C. The first kappa shape index (κ1) is 107. The molecule has 4 amide bonds. The van der Waals surface area contributed by atoms with Crippen LogP contribution in [0.4, 0.5) is 76.5 Å². The van der Waals surface area contributed by atoms with Crippen molar-refractivity contribution in [2.24, 2.45) is 48.8 Å². The molecule has 38 nitrogen and oxygen atoms in total. The number of nitrogens with two attached hydrogens (primary N) is 4. The maximum absolute atomic E-state index is 13.7. The third kappa shape index (κ3) is 27.1. The summed E-state index contributed by atoms with van der Waals surface area (Å²) < 4.78 is 51.3. The van der Waals surface area contributed by atoms with Crippen molar-refractivity contribution >= 4 is 247 Å². The second kappa shape index (κ2) is 46.5. The van der Waals surface area contributed by atoms with E-state index in [0.29, 0.717) is 106 Å². The van der Waals surface area contributed by atoms with Gasteiger partial charge < -0.3 is 96.1 Å². The minimum Gasteiger partial charge on any atom is -0.392 e. The molecule has 8 heterocycles. The number of amides is 4. The summed E-state index contributed by atoms with van der Waals surface area (Å²) in [6.07, 6.45) is -5.14. The number of benzene rings is 5. The molecule has 0 spiro atoms. The highest BCUT2D eigenvalue weighted by molar-refractivity contribution is 7.20. The molecule has 0 bridgehead atoms. The van der Waals surface area contributed by atoms with Crippen molar-refractivity contribution in [3.63, 3.8) is 0 Å². The molecule has 744 valence electrons. The molecule has 52 heteroatoms. The van der Waals surface area contributed by atoms with Crippen LogP contribution in [-0.4, -0.2) is 159 Å². The lowest BCUT2D eigenvalue weighted by Gasteiger charge is -2.16. The first-order chi connectivity index (χ1) is 66.7. The molecule has 8 aromatic heterocycles. The van der Waals surface area contributed by atoms with Gasteiger partial charge in [0.25, 0.3) is 45.9 Å². The molecule has 13 aromatic rings. The number of fused-ring (bicyclic) bond motifs is 1. The van der Waals surface area contributed by atoms with Crippen molar-refractivity contribution in [2.45, 2.75) is 158 Å². The Kier molecular flexibility index (Phi) is 35.4. The molecule has 4 unspecified atom stereocenters. The van der Waals surface area contributed by atoms with Crippen molar-refractivity contribution in [3.05, 3.63) is 233 Å². The van der Waals surface area contributed by atoms with Crippen LogP contribution in [0.3, 0.4) is 0 Å². The van der Waals surface area contributed by atoms with E-state index in [1.807, 2.05) is 90.1 Å². The highest BCUT2D eigenvalue weighted by Crippen LogP contribution is 2.48. The number of H-pyrrole nitrogens is 4. The van der Waals surface area contributed by atoms with E-state index < -0.39 is 83.6 Å². The standard InChI is InChI=1S/C23H23ClN6O4S2.C23H24N6O4S2.C22H27ClN6O4S2.C21H20ClF3N6O2S2/c1-10-7-13(6-5-12-3-4-12)8-14(24)17(10)28-21(34)18-11(2)26-23(35-18)29-22-16(20(33)30-36-22)19(25)27-15(32)9-31;1-10-8-13-6-4-5-7-14(13)11(2)17(10)27-21(33)18-12(3)25-23(34-18)28-22-16(20(32)29-35-22)19(24)26-15(31)9-30;1-8(2)12-6-9(3)15(13(23)7-12)26-20(33)16-10(4)25-22(34-16)28-21-14(19(32)29-35-21)17(24)27-18(31)11(5)30;1-8(2)28-16(26)14-18(33)31-35-19(14)30-20-27-7-13(34-20)17(32)29-15-11(21(23,24)25)5-10(6-12(15)22)9-3-4-9/h7-8,12,15,31-32H,3-4,9H2,1-2H3,(H2,25,27)(H,26,29)(H,28,34)(H,30,33);4-8,15,30-31H,9H2,1-3H3,(H2,24,26)(H,25,28)(H,27,33)(H,29,32);6-8,11,18,30-31H,1-5H3,(H2,24,27)(H,25,28)(H,26,33)(H,29,32);5-9H,3-4H2,1-2H3,(H2,26,28)(H,27,30)(H,29,32)(H,31,33). The molecule has 0 saturated heterocycles. The summed E-state index contributed by atoms with van der Waals surface area (Å²) in [5, 5.41) is 84.5. The Morgan fingerprint density at radius 2 is 0.922 bits per heavy atom. The quantitative estimate of drug-likeness (QED) is 0.0118. The monoisotopic (exact) mass is 2140 g/mol. The zero-order chi connectivity index (χ0) is 103. The summed E-state index contributed by atoms with van der Waals surface area (Å²) in [5.41, 5.74) is 29.5. The fraction of sp³-hybridized carbons (Fsp3) is 0.303. The molecule has 2 aliphatic rings. The number of nitrogens with one attached hydrogen (secondary N) is 12. The predicted molar refractivity (Wildman–Crippen MR) is 557 cm³/mol. The summed E-state index contributed by atoms with van der Waals surface area (Å²) >= 11 is 27.1. The number of hydrogen-bond donors (Lipinski definition) is 22. The summed E-state index contributed by atoms with van der Waals surface area (Å²) in [5.74, 6) is 4.65. The van der Waals surface area contributed by atoms with Gasteiger partial charge in [-0.2, -0.15) is 13.2 Å². The number of amidine groups is 4. The van der Waals surface area contributed by atoms with E-state index in [9.17, 15) is 72.0 Å². The number of carbonyl (C=O) groups is 4.